The summed E-state index contributed by atoms with van der Waals surface area (Å²) in [4.78, 5) is 26.6. The average molecular weight is 617 g/mol. The lowest BCUT2D eigenvalue weighted by Gasteiger charge is -2.47. The van der Waals surface area contributed by atoms with Crippen LogP contribution in [0.25, 0.3) is 0 Å². The van der Waals surface area contributed by atoms with Gasteiger partial charge in [0.25, 0.3) is 0 Å². The number of ketones is 1. The van der Waals surface area contributed by atoms with E-state index in [-0.39, 0.29) is 27.5 Å². The van der Waals surface area contributed by atoms with Crippen LogP contribution in [0.1, 0.15) is 94.9 Å². The predicted octanol–water partition coefficient (Wildman–Crippen LogP) is 8.73. The summed E-state index contributed by atoms with van der Waals surface area (Å²) >= 11 is 0. The van der Waals surface area contributed by atoms with Crippen LogP contribution in [-0.4, -0.2) is 62.1 Å². The SMILES string of the molecule is CCCCCC(=O)C1C(=O)OCC1[C@@H](O[Si](C)(C)C(C)(C)C)[C@@H](CO[Si](C)(C)C(C)(C)C)O[Si](C)(C)C(C)(C)C. The molecular weight excluding hydrogens is 553 g/mol. The molecule has 0 aromatic heterocycles. The topological polar surface area (TPSA) is 71.1 Å². The number of unbranched alkanes of at least 4 members (excludes halogenated alkanes) is 2. The molecule has 0 radical (unpaired) electrons. The lowest BCUT2D eigenvalue weighted by Crippen LogP contribution is -2.57. The van der Waals surface area contributed by atoms with E-state index in [4.69, 9.17) is 18.0 Å². The van der Waals surface area contributed by atoms with Crippen molar-refractivity contribution < 1.29 is 27.6 Å². The van der Waals surface area contributed by atoms with Crippen LogP contribution in [0.2, 0.25) is 54.4 Å². The van der Waals surface area contributed by atoms with Crippen molar-refractivity contribution in [2.75, 3.05) is 13.2 Å². The molecule has 0 aromatic carbocycles. The third-order valence-electron chi connectivity index (χ3n) is 10.2. The normalized spacial score (nSPS) is 21.4. The zero-order chi connectivity index (χ0) is 31.5. The van der Waals surface area contributed by atoms with Gasteiger partial charge in [0.15, 0.2) is 25.0 Å². The van der Waals surface area contributed by atoms with Gasteiger partial charge in [-0.15, -0.1) is 0 Å². The fraction of sp³-hybridized carbons (Fsp3) is 0.935. The highest BCUT2D eigenvalue weighted by Crippen LogP contribution is 2.44. The molecule has 0 spiro atoms. The summed E-state index contributed by atoms with van der Waals surface area (Å²) in [6.07, 6.45) is 2.29. The van der Waals surface area contributed by atoms with Crippen molar-refractivity contribution >= 4 is 36.7 Å². The molecule has 1 fully saturated rings. The molecule has 0 amide bonds. The van der Waals surface area contributed by atoms with Gasteiger partial charge in [0.2, 0.25) is 0 Å². The zero-order valence-corrected chi connectivity index (χ0v) is 32.0. The number of Topliss-reactive ketones (excluding diaryl/α,β-unsaturated/α-hetero) is 1. The second-order valence-electron chi connectivity index (χ2n) is 16.5. The Balaban J connectivity index is 3.68. The number of esters is 1. The standard InChI is InChI=1S/C31H64O6Si3/c1-17-18-19-20-24(32)26-23(21-34-28(26)33)27(37-40(15,16)31(8,9)10)25(36-39(13,14)30(5,6)7)22-35-38(11,12)29(2,3)4/h23,25-27H,17-22H2,1-16H3/t23?,25-,26?,27-/m1/s1. The summed E-state index contributed by atoms with van der Waals surface area (Å²) in [6, 6.07) is 0. The first-order valence-electron chi connectivity index (χ1n) is 15.5. The quantitative estimate of drug-likeness (QED) is 0.0841. The molecule has 2 unspecified atom stereocenters. The van der Waals surface area contributed by atoms with E-state index in [9.17, 15) is 9.59 Å². The van der Waals surface area contributed by atoms with Crippen LogP contribution in [0, 0.1) is 11.8 Å². The molecule has 1 heterocycles. The van der Waals surface area contributed by atoms with E-state index in [1.54, 1.807) is 0 Å². The summed E-state index contributed by atoms with van der Waals surface area (Å²) < 4.78 is 26.8. The lowest BCUT2D eigenvalue weighted by atomic mass is 9.83. The number of carbonyl (C=O) groups excluding carboxylic acids is 2. The summed E-state index contributed by atoms with van der Waals surface area (Å²) in [7, 11) is -6.73. The van der Waals surface area contributed by atoms with Gasteiger partial charge in [-0.3, -0.25) is 9.59 Å². The molecule has 0 bridgehead atoms. The molecule has 4 atom stereocenters. The summed E-state index contributed by atoms with van der Waals surface area (Å²) in [5.41, 5.74) is 0. The Hall–Kier alpha value is -0.329. The van der Waals surface area contributed by atoms with Crippen molar-refractivity contribution in [1.82, 2.24) is 0 Å². The van der Waals surface area contributed by atoms with Crippen LogP contribution in [0.3, 0.4) is 0 Å². The van der Waals surface area contributed by atoms with Crippen LogP contribution in [0.5, 0.6) is 0 Å². The Bertz CT molecular complexity index is 849. The number of cyclic esters (lactones) is 1. The van der Waals surface area contributed by atoms with Gasteiger partial charge < -0.3 is 18.0 Å². The fourth-order valence-electron chi connectivity index (χ4n) is 4.11. The van der Waals surface area contributed by atoms with Crippen LogP contribution < -0.4 is 0 Å². The Morgan fingerprint density at radius 3 is 1.75 bits per heavy atom. The number of hydrogen-bond donors (Lipinski definition) is 0. The smallest absolute Gasteiger partial charge is 0.317 e. The Kier molecular flexibility index (Phi) is 12.8. The minimum atomic E-state index is -2.34. The second kappa shape index (κ2) is 13.5. The molecule has 1 aliphatic rings. The van der Waals surface area contributed by atoms with E-state index >= 15 is 0 Å². The fourth-order valence-corrected chi connectivity index (χ4v) is 7.80. The Morgan fingerprint density at radius 1 is 0.825 bits per heavy atom. The van der Waals surface area contributed by atoms with Crippen LogP contribution in [0.4, 0.5) is 0 Å². The number of hydrogen-bond acceptors (Lipinski definition) is 6. The van der Waals surface area contributed by atoms with Crippen molar-refractivity contribution in [3.8, 4) is 0 Å². The first kappa shape index (κ1) is 37.7. The molecule has 0 N–H and O–H groups in total. The van der Waals surface area contributed by atoms with Gasteiger partial charge >= 0.3 is 5.97 Å². The van der Waals surface area contributed by atoms with Crippen LogP contribution in [-0.2, 0) is 27.6 Å². The van der Waals surface area contributed by atoms with E-state index in [0.717, 1.165) is 19.3 Å². The highest BCUT2D eigenvalue weighted by Gasteiger charge is 2.53. The second-order valence-corrected chi connectivity index (χ2v) is 30.8. The van der Waals surface area contributed by atoms with Gasteiger partial charge in [0, 0.05) is 12.3 Å². The first-order valence-corrected chi connectivity index (χ1v) is 24.2. The van der Waals surface area contributed by atoms with Crippen molar-refractivity contribution in [2.24, 2.45) is 11.8 Å². The number of carbonyl (C=O) groups is 2. The van der Waals surface area contributed by atoms with Gasteiger partial charge in [0.1, 0.15) is 11.7 Å². The molecule has 0 aliphatic carbocycles. The van der Waals surface area contributed by atoms with Crippen molar-refractivity contribution in [2.45, 2.75) is 162 Å². The predicted molar refractivity (Wildman–Crippen MR) is 174 cm³/mol. The van der Waals surface area contributed by atoms with Gasteiger partial charge in [-0.2, -0.15) is 0 Å². The maximum Gasteiger partial charge on any atom is 0.317 e. The lowest BCUT2D eigenvalue weighted by molar-refractivity contribution is -0.145. The minimum Gasteiger partial charge on any atom is -0.465 e. The maximum atomic E-state index is 13.5. The van der Waals surface area contributed by atoms with Gasteiger partial charge in [-0.25, -0.2) is 0 Å². The minimum absolute atomic E-state index is 0.0267. The Morgan fingerprint density at radius 2 is 1.30 bits per heavy atom. The van der Waals surface area contributed by atoms with E-state index in [1.807, 2.05) is 0 Å². The monoisotopic (exact) mass is 616 g/mol. The molecule has 236 valence electrons. The molecular formula is C31H64O6Si3. The molecule has 1 aliphatic heterocycles. The molecule has 1 saturated heterocycles. The highest BCUT2D eigenvalue weighted by molar-refractivity contribution is 6.75. The van der Waals surface area contributed by atoms with Gasteiger partial charge in [-0.05, 0) is 60.8 Å². The van der Waals surface area contributed by atoms with Crippen LogP contribution in [0.15, 0.2) is 0 Å². The van der Waals surface area contributed by atoms with Crippen molar-refractivity contribution in [3.63, 3.8) is 0 Å². The van der Waals surface area contributed by atoms with E-state index in [1.165, 1.54) is 0 Å². The molecule has 1 rings (SSSR count). The third kappa shape index (κ3) is 9.59. The first-order chi connectivity index (χ1) is 17.8. The highest BCUT2D eigenvalue weighted by atomic mass is 28.4. The summed E-state index contributed by atoms with van der Waals surface area (Å²) in [5, 5.41) is -0.0488. The molecule has 6 nitrogen and oxygen atoms in total. The average Bonchev–Trinajstić information content (AvgIpc) is 3.14. The van der Waals surface area contributed by atoms with Gasteiger partial charge in [-0.1, -0.05) is 82.1 Å². The molecule has 40 heavy (non-hydrogen) atoms. The van der Waals surface area contributed by atoms with E-state index in [2.05, 4.69) is 109 Å². The van der Waals surface area contributed by atoms with Crippen LogP contribution >= 0.6 is 0 Å². The molecule has 0 saturated carbocycles. The van der Waals surface area contributed by atoms with E-state index in [0.29, 0.717) is 13.0 Å². The van der Waals surface area contributed by atoms with Crippen molar-refractivity contribution in [1.29, 1.82) is 0 Å². The van der Waals surface area contributed by atoms with Gasteiger partial charge in [0.05, 0.1) is 25.4 Å². The maximum absolute atomic E-state index is 13.5. The molecule has 9 heteroatoms. The number of ether oxygens (including phenoxy) is 1. The largest absolute Gasteiger partial charge is 0.465 e. The molecule has 0 aromatic rings. The number of rotatable bonds is 14. The summed E-state index contributed by atoms with van der Waals surface area (Å²) in [6.45, 7) is 36.2. The third-order valence-corrected chi connectivity index (χ3v) is 23.6. The Labute approximate surface area is 250 Å². The summed E-state index contributed by atoms with van der Waals surface area (Å²) in [5.74, 6) is -1.65. The van der Waals surface area contributed by atoms with E-state index < -0.39 is 55.0 Å². The van der Waals surface area contributed by atoms with Crippen molar-refractivity contribution in [3.05, 3.63) is 0 Å². The zero-order valence-electron chi connectivity index (χ0n) is 29.0.